The van der Waals surface area contributed by atoms with E-state index in [-0.39, 0.29) is 5.78 Å². The molecule has 0 aromatic heterocycles. The van der Waals surface area contributed by atoms with Crippen LogP contribution in [-0.2, 0) is 0 Å². The molecule has 0 fully saturated rings. The minimum atomic E-state index is 0.0807. The summed E-state index contributed by atoms with van der Waals surface area (Å²) >= 11 is 0. The van der Waals surface area contributed by atoms with Crippen LogP contribution in [0.3, 0.4) is 0 Å². The van der Waals surface area contributed by atoms with E-state index in [0.29, 0.717) is 0 Å². The Morgan fingerprint density at radius 1 is 0.340 bits per heavy atom. The lowest BCUT2D eigenvalue weighted by molar-refractivity contribution is 0.104. The predicted molar refractivity (Wildman–Crippen MR) is 196 cm³/mol. The molecule has 1 aliphatic rings. The van der Waals surface area contributed by atoms with Gasteiger partial charge in [0.2, 0.25) is 0 Å². The molecular formula is C45H29NO. The highest BCUT2D eigenvalue weighted by molar-refractivity contribution is 6.25. The molecule has 0 radical (unpaired) electrons. The van der Waals surface area contributed by atoms with E-state index in [1.54, 1.807) is 0 Å². The van der Waals surface area contributed by atoms with E-state index in [9.17, 15) is 4.79 Å². The van der Waals surface area contributed by atoms with Crippen molar-refractivity contribution in [3.05, 3.63) is 187 Å². The smallest absolute Gasteiger partial charge is 0.194 e. The van der Waals surface area contributed by atoms with Gasteiger partial charge in [-0.25, -0.2) is 0 Å². The van der Waals surface area contributed by atoms with Crippen LogP contribution in [0.2, 0.25) is 0 Å². The Morgan fingerprint density at radius 3 is 1.62 bits per heavy atom. The third-order valence-electron chi connectivity index (χ3n) is 9.42. The molecule has 2 nitrogen and oxygen atoms in total. The zero-order valence-electron chi connectivity index (χ0n) is 25.6. The summed E-state index contributed by atoms with van der Waals surface area (Å²) in [7, 11) is 0. The normalized spacial score (nSPS) is 11.9. The molecule has 0 unspecified atom stereocenters. The first-order chi connectivity index (χ1) is 23.3. The van der Waals surface area contributed by atoms with Crippen molar-refractivity contribution in [1.29, 1.82) is 0 Å². The Morgan fingerprint density at radius 2 is 0.830 bits per heavy atom. The number of benzene rings is 8. The zero-order valence-corrected chi connectivity index (χ0v) is 25.6. The van der Waals surface area contributed by atoms with Crippen LogP contribution in [0.4, 0.5) is 17.1 Å². The van der Waals surface area contributed by atoms with E-state index >= 15 is 0 Å². The van der Waals surface area contributed by atoms with Crippen molar-refractivity contribution in [3.63, 3.8) is 0 Å². The fourth-order valence-electron chi connectivity index (χ4n) is 7.27. The van der Waals surface area contributed by atoms with Crippen molar-refractivity contribution in [1.82, 2.24) is 0 Å². The Bertz CT molecular complexity index is 2480. The highest BCUT2D eigenvalue weighted by Crippen LogP contribution is 2.47. The number of ketones is 1. The quantitative estimate of drug-likeness (QED) is 0.196. The van der Waals surface area contributed by atoms with Gasteiger partial charge in [-0.3, -0.25) is 4.79 Å². The lowest BCUT2D eigenvalue weighted by Crippen LogP contribution is -2.12. The monoisotopic (exact) mass is 599 g/mol. The van der Waals surface area contributed by atoms with Crippen molar-refractivity contribution >= 4 is 44.4 Å². The van der Waals surface area contributed by atoms with Gasteiger partial charge in [0, 0.05) is 27.8 Å². The van der Waals surface area contributed by atoms with E-state index in [2.05, 4.69) is 163 Å². The van der Waals surface area contributed by atoms with Crippen molar-refractivity contribution in [2.24, 2.45) is 0 Å². The van der Waals surface area contributed by atoms with Crippen molar-refractivity contribution in [2.75, 3.05) is 4.90 Å². The van der Waals surface area contributed by atoms with E-state index in [1.165, 1.54) is 27.3 Å². The topological polar surface area (TPSA) is 20.3 Å². The fraction of sp³-hybridized carbons (Fsp3) is 0. The number of para-hydroxylation sites is 1. The molecule has 0 bridgehead atoms. The zero-order chi connectivity index (χ0) is 31.3. The molecule has 0 spiro atoms. The Labute approximate surface area is 273 Å². The summed E-state index contributed by atoms with van der Waals surface area (Å²) in [4.78, 5) is 16.3. The van der Waals surface area contributed by atoms with Crippen LogP contribution < -0.4 is 4.90 Å². The largest absolute Gasteiger partial charge is 0.309 e. The lowest BCUT2D eigenvalue weighted by Gasteiger charge is -2.29. The third kappa shape index (κ3) is 4.38. The van der Waals surface area contributed by atoms with Gasteiger partial charge < -0.3 is 4.90 Å². The lowest BCUT2D eigenvalue weighted by atomic mass is 9.93. The SMILES string of the molecule is O=C1c2ccccc2-c2cccc(-c3ccccc3N(c3ccc(-c4cccc5ccccc45)cc3)c3cccc4ccccc34)c21. The van der Waals surface area contributed by atoms with Crippen LogP contribution in [0.5, 0.6) is 0 Å². The number of hydrogen-bond donors (Lipinski definition) is 0. The minimum Gasteiger partial charge on any atom is -0.309 e. The predicted octanol–water partition coefficient (Wildman–Crippen LogP) is 12.0. The number of hydrogen-bond acceptors (Lipinski definition) is 2. The number of carbonyl (C=O) groups is 1. The number of carbonyl (C=O) groups excluding carboxylic acids is 1. The summed E-state index contributed by atoms with van der Waals surface area (Å²) in [5, 5.41) is 4.80. The molecule has 2 heteroatoms. The number of fused-ring (bicyclic) bond motifs is 5. The van der Waals surface area contributed by atoms with Gasteiger partial charge >= 0.3 is 0 Å². The summed E-state index contributed by atoms with van der Waals surface area (Å²) in [6.07, 6.45) is 0. The van der Waals surface area contributed by atoms with Crippen LogP contribution in [0.25, 0.3) is 54.9 Å². The van der Waals surface area contributed by atoms with Gasteiger partial charge in [-0.05, 0) is 68.2 Å². The average Bonchev–Trinajstić information content (AvgIpc) is 3.44. The second-order valence-electron chi connectivity index (χ2n) is 12.0. The van der Waals surface area contributed by atoms with Crippen LogP contribution in [0.15, 0.2) is 176 Å². The molecule has 0 amide bonds. The van der Waals surface area contributed by atoms with E-state index in [0.717, 1.165) is 55.8 Å². The fourth-order valence-corrected chi connectivity index (χ4v) is 7.27. The average molecular weight is 600 g/mol. The first kappa shape index (κ1) is 27.1. The van der Waals surface area contributed by atoms with Gasteiger partial charge in [-0.15, -0.1) is 0 Å². The van der Waals surface area contributed by atoms with Gasteiger partial charge in [0.05, 0.1) is 11.4 Å². The highest BCUT2D eigenvalue weighted by atomic mass is 16.1. The second-order valence-corrected chi connectivity index (χ2v) is 12.0. The van der Waals surface area contributed by atoms with E-state index in [4.69, 9.17) is 0 Å². The molecule has 0 heterocycles. The summed E-state index contributed by atoms with van der Waals surface area (Å²) in [5.74, 6) is 0.0807. The molecule has 8 aromatic rings. The molecule has 1 aliphatic carbocycles. The molecule has 0 aliphatic heterocycles. The molecular weight excluding hydrogens is 571 g/mol. The molecule has 9 rings (SSSR count). The summed E-state index contributed by atoms with van der Waals surface area (Å²) in [6.45, 7) is 0. The maximum Gasteiger partial charge on any atom is 0.194 e. The Hall–Kier alpha value is -6.25. The Kier molecular flexibility index (Phi) is 6.33. The van der Waals surface area contributed by atoms with Gasteiger partial charge in [0.15, 0.2) is 5.78 Å². The van der Waals surface area contributed by atoms with Gasteiger partial charge in [-0.2, -0.15) is 0 Å². The molecule has 47 heavy (non-hydrogen) atoms. The Balaban J connectivity index is 1.25. The molecule has 0 saturated heterocycles. The van der Waals surface area contributed by atoms with Crippen LogP contribution in [0.1, 0.15) is 15.9 Å². The van der Waals surface area contributed by atoms with Crippen LogP contribution >= 0.6 is 0 Å². The minimum absolute atomic E-state index is 0.0807. The van der Waals surface area contributed by atoms with Crippen LogP contribution in [0, 0.1) is 0 Å². The molecule has 8 aromatic carbocycles. The maximum absolute atomic E-state index is 13.9. The first-order valence-corrected chi connectivity index (χ1v) is 16.0. The number of nitrogens with zero attached hydrogens (tertiary/aromatic N) is 1. The number of rotatable bonds is 5. The van der Waals surface area contributed by atoms with Crippen molar-refractivity contribution in [3.8, 4) is 33.4 Å². The van der Waals surface area contributed by atoms with Gasteiger partial charge in [0.25, 0.3) is 0 Å². The third-order valence-corrected chi connectivity index (χ3v) is 9.42. The number of anilines is 3. The standard InChI is InChI=1S/C45H29NO/c47-45-41-20-6-5-18-37(41)39-22-11-23-40(44(39)45)38-19-7-8-24-43(38)46(42-25-10-15-31-13-2-4-17-36(31)42)33-28-26-32(27-29-33)35-21-9-14-30-12-1-3-16-34(30)35/h1-29H. The maximum atomic E-state index is 13.9. The van der Waals surface area contributed by atoms with Crippen molar-refractivity contribution in [2.45, 2.75) is 0 Å². The van der Waals surface area contributed by atoms with E-state index < -0.39 is 0 Å². The summed E-state index contributed by atoms with van der Waals surface area (Å²) in [6, 6.07) is 61.5. The molecule has 0 N–H and O–H groups in total. The van der Waals surface area contributed by atoms with Gasteiger partial charge in [0.1, 0.15) is 0 Å². The molecule has 220 valence electrons. The molecule has 0 atom stereocenters. The van der Waals surface area contributed by atoms with Crippen molar-refractivity contribution < 1.29 is 4.79 Å². The summed E-state index contributed by atoms with van der Waals surface area (Å²) in [5.41, 5.74) is 11.0. The second kappa shape index (κ2) is 11.0. The van der Waals surface area contributed by atoms with Crippen LogP contribution in [-0.4, -0.2) is 5.78 Å². The highest BCUT2D eigenvalue weighted by Gasteiger charge is 2.30. The van der Waals surface area contributed by atoms with E-state index in [1.807, 2.05) is 18.2 Å². The first-order valence-electron chi connectivity index (χ1n) is 16.0. The summed E-state index contributed by atoms with van der Waals surface area (Å²) < 4.78 is 0. The molecule has 0 saturated carbocycles. The van der Waals surface area contributed by atoms with Gasteiger partial charge in [-0.1, -0.05) is 152 Å².